The smallest absolute Gasteiger partial charge is 0.319 e. The predicted octanol–water partition coefficient (Wildman–Crippen LogP) is 1.43. The lowest BCUT2D eigenvalue weighted by atomic mass is 10.0. The van der Waals surface area contributed by atoms with Crippen LogP contribution < -0.4 is 20.7 Å². The standard InChI is InChI=1S/C19H30N4O4/c1-4-20-17(24)13-27-16-7-5-15(6-8-16)22-18(25)21-14-19(2,3)23-9-11-26-12-10-23/h5-8H,4,9-14H2,1-3H3,(H,20,24)(H2,21,22,25). The molecule has 8 nitrogen and oxygen atoms in total. The minimum atomic E-state index is -0.257. The Kier molecular flexibility index (Phi) is 7.87. The van der Waals surface area contributed by atoms with Gasteiger partial charge in [-0.05, 0) is 45.0 Å². The Bertz CT molecular complexity index is 613. The van der Waals surface area contributed by atoms with Crippen LogP contribution in [0, 0.1) is 0 Å². The molecule has 0 radical (unpaired) electrons. The summed E-state index contributed by atoms with van der Waals surface area (Å²) in [4.78, 5) is 25.9. The number of ether oxygens (including phenoxy) is 2. The molecule has 1 fully saturated rings. The second kappa shape index (κ2) is 10.1. The van der Waals surface area contributed by atoms with Crippen LogP contribution in [0.25, 0.3) is 0 Å². The Labute approximate surface area is 160 Å². The van der Waals surface area contributed by atoms with E-state index in [1.165, 1.54) is 0 Å². The first-order valence-corrected chi connectivity index (χ1v) is 9.28. The lowest BCUT2D eigenvalue weighted by molar-refractivity contribution is -0.122. The van der Waals surface area contributed by atoms with Gasteiger partial charge in [-0.2, -0.15) is 0 Å². The molecule has 0 atom stereocenters. The number of nitrogens with zero attached hydrogens (tertiary/aromatic N) is 1. The molecule has 3 amide bonds. The van der Waals surface area contributed by atoms with Gasteiger partial charge in [-0.25, -0.2) is 4.79 Å². The summed E-state index contributed by atoms with van der Waals surface area (Å²) in [6.45, 7) is 10.3. The van der Waals surface area contributed by atoms with Gasteiger partial charge in [0, 0.05) is 37.4 Å². The highest BCUT2D eigenvalue weighted by Gasteiger charge is 2.28. The minimum absolute atomic E-state index is 0.0300. The lowest BCUT2D eigenvalue weighted by Gasteiger charge is -2.40. The van der Waals surface area contributed by atoms with Crippen LogP contribution in [0.1, 0.15) is 20.8 Å². The second-order valence-corrected chi connectivity index (χ2v) is 6.99. The van der Waals surface area contributed by atoms with E-state index >= 15 is 0 Å². The average Bonchev–Trinajstić information content (AvgIpc) is 2.67. The molecule has 27 heavy (non-hydrogen) atoms. The number of hydrogen-bond donors (Lipinski definition) is 3. The van der Waals surface area contributed by atoms with Crippen LogP contribution in [0.4, 0.5) is 10.5 Å². The van der Waals surface area contributed by atoms with Gasteiger partial charge < -0.3 is 25.4 Å². The van der Waals surface area contributed by atoms with Crippen LogP contribution in [0.2, 0.25) is 0 Å². The van der Waals surface area contributed by atoms with Gasteiger partial charge in [-0.1, -0.05) is 0 Å². The molecule has 0 spiro atoms. The molecule has 2 rings (SSSR count). The highest BCUT2D eigenvalue weighted by atomic mass is 16.5. The van der Waals surface area contributed by atoms with Crippen LogP contribution in [0.5, 0.6) is 5.75 Å². The van der Waals surface area contributed by atoms with E-state index in [4.69, 9.17) is 9.47 Å². The summed E-state index contributed by atoms with van der Waals surface area (Å²) in [6, 6.07) is 6.64. The van der Waals surface area contributed by atoms with Gasteiger partial charge in [0.25, 0.3) is 5.91 Å². The van der Waals surface area contributed by atoms with Gasteiger partial charge in [0.15, 0.2) is 6.61 Å². The third-order valence-electron chi connectivity index (χ3n) is 4.40. The average molecular weight is 378 g/mol. The molecule has 0 bridgehead atoms. The Balaban J connectivity index is 1.75. The quantitative estimate of drug-likeness (QED) is 0.637. The molecular formula is C19H30N4O4. The zero-order valence-electron chi connectivity index (χ0n) is 16.3. The molecule has 0 aliphatic carbocycles. The largest absolute Gasteiger partial charge is 0.484 e. The molecule has 1 heterocycles. The zero-order chi connectivity index (χ0) is 19.7. The number of likely N-dealkylation sites (N-methyl/N-ethyl adjacent to an activating group) is 1. The summed E-state index contributed by atoms with van der Waals surface area (Å²) < 4.78 is 10.8. The highest BCUT2D eigenvalue weighted by Crippen LogP contribution is 2.17. The fraction of sp³-hybridized carbons (Fsp3) is 0.579. The molecule has 1 aliphatic heterocycles. The second-order valence-electron chi connectivity index (χ2n) is 6.99. The van der Waals surface area contributed by atoms with Crippen LogP contribution in [0.15, 0.2) is 24.3 Å². The van der Waals surface area contributed by atoms with Crippen LogP contribution in [-0.4, -0.2) is 68.4 Å². The van der Waals surface area contributed by atoms with E-state index in [1.54, 1.807) is 24.3 Å². The number of hydrogen-bond acceptors (Lipinski definition) is 5. The predicted molar refractivity (Wildman–Crippen MR) is 104 cm³/mol. The summed E-state index contributed by atoms with van der Waals surface area (Å²) >= 11 is 0. The topological polar surface area (TPSA) is 91.9 Å². The number of urea groups is 1. The van der Waals surface area contributed by atoms with Gasteiger partial charge in [0.05, 0.1) is 13.2 Å². The van der Waals surface area contributed by atoms with Crippen molar-refractivity contribution in [2.24, 2.45) is 0 Å². The molecule has 3 N–H and O–H groups in total. The molecule has 8 heteroatoms. The maximum Gasteiger partial charge on any atom is 0.319 e. The number of carbonyl (C=O) groups excluding carboxylic acids is 2. The van der Waals surface area contributed by atoms with E-state index in [-0.39, 0.29) is 24.1 Å². The summed E-state index contributed by atoms with van der Waals surface area (Å²) in [5, 5.41) is 8.39. The van der Waals surface area contributed by atoms with Gasteiger partial charge in [-0.3, -0.25) is 9.69 Å². The van der Waals surface area contributed by atoms with Gasteiger partial charge in [0.1, 0.15) is 5.75 Å². The first kappa shape index (κ1) is 21.0. The Morgan fingerprint density at radius 1 is 1.15 bits per heavy atom. The Morgan fingerprint density at radius 2 is 1.81 bits per heavy atom. The third-order valence-corrected chi connectivity index (χ3v) is 4.40. The fourth-order valence-corrected chi connectivity index (χ4v) is 2.78. The summed E-state index contributed by atoms with van der Waals surface area (Å²) in [6.07, 6.45) is 0. The van der Waals surface area contributed by atoms with Gasteiger partial charge in [-0.15, -0.1) is 0 Å². The van der Waals surface area contributed by atoms with Crippen LogP contribution in [0.3, 0.4) is 0 Å². The van der Waals surface area contributed by atoms with Crippen molar-refractivity contribution in [2.75, 3.05) is 51.3 Å². The normalized spacial score (nSPS) is 15.1. The molecule has 1 aromatic carbocycles. The summed E-state index contributed by atoms with van der Waals surface area (Å²) in [7, 11) is 0. The van der Waals surface area contributed by atoms with E-state index in [1.807, 2.05) is 6.92 Å². The first-order chi connectivity index (χ1) is 12.9. The maximum absolute atomic E-state index is 12.2. The van der Waals surface area contributed by atoms with Crippen molar-refractivity contribution < 1.29 is 19.1 Å². The van der Waals surface area contributed by atoms with Crippen molar-refractivity contribution in [3.63, 3.8) is 0 Å². The van der Waals surface area contributed by atoms with E-state index in [0.29, 0.717) is 24.5 Å². The number of benzene rings is 1. The van der Waals surface area contributed by atoms with Crippen molar-refractivity contribution in [2.45, 2.75) is 26.3 Å². The number of rotatable bonds is 8. The Morgan fingerprint density at radius 3 is 2.44 bits per heavy atom. The maximum atomic E-state index is 12.2. The molecule has 1 aromatic rings. The van der Waals surface area contributed by atoms with E-state index in [0.717, 1.165) is 26.3 Å². The van der Waals surface area contributed by atoms with Gasteiger partial charge >= 0.3 is 6.03 Å². The van der Waals surface area contributed by atoms with E-state index in [9.17, 15) is 9.59 Å². The number of carbonyl (C=O) groups is 2. The van der Waals surface area contributed by atoms with Crippen molar-refractivity contribution >= 4 is 17.6 Å². The van der Waals surface area contributed by atoms with Crippen LogP contribution >= 0.6 is 0 Å². The van der Waals surface area contributed by atoms with Crippen LogP contribution in [-0.2, 0) is 9.53 Å². The molecule has 0 unspecified atom stereocenters. The van der Waals surface area contributed by atoms with E-state index in [2.05, 4.69) is 34.7 Å². The lowest BCUT2D eigenvalue weighted by Crippen LogP contribution is -2.55. The monoisotopic (exact) mass is 378 g/mol. The number of morpholine rings is 1. The molecule has 150 valence electrons. The number of nitrogens with one attached hydrogen (secondary N) is 3. The van der Waals surface area contributed by atoms with Crippen molar-refractivity contribution in [3.8, 4) is 5.75 Å². The molecule has 0 saturated carbocycles. The highest BCUT2D eigenvalue weighted by molar-refractivity contribution is 5.89. The van der Waals surface area contributed by atoms with Crippen molar-refractivity contribution in [1.29, 1.82) is 0 Å². The fourth-order valence-electron chi connectivity index (χ4n) is 2.78. The molecule has 1 aliphatic rings. The summed E-state index contributed by atoms with van der Waals surface area (Å²) in [5.41, 5.74) is 0.514. The SMILES string of the molecule is CCNC(=O)COc1ccc(NC(=O)NCC(C)(C)N2CCOCC2)cc1. The third kappa shape index (κ3) is 7.07. The number of anilines is 1. The van der Waals surface area contributed by atoms with Crippen molar-refractivity contribution in [1.82, 2.24) is 15.5 Å². The van der Waals surface area contributed by atoms with Gasteiger partial charge in [0.2, 0.25) is 0 Å². The van der Waals surface area contributed by atoms with E-state index < -0.39 is 0 Å². The minimum Gasteiger partial charge on any atom is -0.484 e. The molecule has 1 saturated heterocycles. The summed E-state index contributed by atoms with van der Waals surface area (Å²) in [5.74, 6) is 0.405. The Hall–Kier alpha value is -2.32. The first-order valence-electron chi connectivity index (χ1n) is 9.28. The van der Waals surface area contributed by atoms with Crippen molar-refractivity contribution in [3.05, 3.63) is 24.3 Å². The number of amides is 3. The molecule has 0 aromatic heterocycles. The molecular weight excluding hydrogens is 348 g/mol. The zero-order valence-corrected chi connectivity index (χ0v) is 16.3.